The van der Waals surface area contributed by atoms with Crippen molar-refractivity contribution in [2.24, 2.45) is 0 Å². The lowest BCUT2D eigenvalue weighted by Gasteiger charge is -2.57. The molecule has 0 radical (unpaired) electrons. The molecule has 2 rings (SSSR count). The summed E-state index contributed by atoms with van der Waals surface area (Å²) in [5, 5.41) is 14.8. The van der Waals surface area contributed by atoms with Crippen LogP contribution in [0.3, 0.4) is 0 Å². The number of carboxylic acid groups (broad SMARTS) is 2. The van der Waals surface area contributed by atoms with Crippen molar-refractivity contribution in [2.45, 2.75) is 70.8 Å². The van der Waals surface area contributed by atoms with Gasteiger partial charge in [0.1, 0.15) is 0 Å². The molecule has 1 aliphatic carbocycles. The Balaban J connectivity index is 0.000000981. The first-order valence-electron chi connectivity index (χ1n) is 9.97. The Morgan fingerprint density at radius 1 is 1.07 bits per heavy atom. The molecule has 0 aromatic heterocycles. The summed E-state index contributed by atoms with van der Waals surface area (Å²) in [7, 11) is 2.33. The second-order valence-electron chi connectivity index (χ2n) is 8.06. The summed E-state index contributed by atoms with van der Waals surface area (Å²) < 4.78 is 0. The molecule has 0 saturated heterocycles. The van der Waals surface area contributed by atoms with Gasteiger partial charge in [-0.15, -0.1) is 0 Å². The van der Waals surface area contributed by atoms with Gasteiger partial charge in [-0.25, -0.2) is 9.59 Å². The molecule has 0 aliphatic heterocycles. The number of aliphatic carboxylic acids is 2. The summed E-state index contributed by atoms with van der Waals surface area (Å²) in [5.41, 5.74) is 3.43. The number of carbonyl (C=O) groups is 2. The Bertz CT molecular complexity index is 672. The minimum Gasteiger partial charge on any atom is -0.473 e. The fraction of sp³-hybridized carbons (Fsp3) is 0.565. The van der Waals surface area contributed by atoms with Gasteiger partial charge in [-0.3, -0.25) is 4.90 Å². The smallest absolute Gasteiger partial charge is 0.414 e. The minimum atomic E-state index is -1.82. The zero-order valence-corrected chi connectivity index (χ0v) is 18.4. The van der Waals surface area contributed by atoms with Crippen LogP contribution in [0, 0.1) is 0 Å². The van der Waals surface area contributed by atoms with Gasteiger partial charge < -0.3 is 15.7 Å². The number of hydrogen-bond donors (Lipinski definition) is 2. The van der Waals surface area contributed by atoms with E-state index < -0.39 is 11.9 Å². The predicted molar refractivity (Wildman–Crippen MR) is 116 cm³/mol. The van der Waals surface area contributed by atoms with Gasteiger partial charge in [0.2, 0.25) is 0 Å². The summed E-state index contributed by atoms with van der Waals surface area (Å²) in [6.07, 6.45) is 8.90. The van der Waals surface area contributed by atoms with Crippen LogP contribution in [0.15, 0.2) is 42.0 Å². The van der Waals surface area contributed by atoms with E-state index in [1.54, 1.807) is 0 Å². The average Bonchev–Trinajstić information content (AvgIpc) is 2.67. The van der Waals surface area contributed by atoms with Gasteiger partial charge in [0.25, 0.3) is 0 Å². The summed E-state index contributed by atoms with van der Waals surface area (Å²) in [6.45, 7) is 10.3. The molecule has 29 heavy (non-hydrogen) atoms. The van der Waals surface area contributed by atoms with Crippen molar-refractivity contribution in [3.05, 3.63) is 47.5 Å². The lowest BCUT2D eigenvalue weighted by molar-refractivity contribution is -0.159. The Kier molecular flexibility index (Phi) is 10.9. The highest BCUT2D eigenvalue weighted by Gasteiger charge is 2.51. The Morgan fingerprint density at radius 2 is 1.59 bits per heavy atom. The SMILES string of the molecule is CCC1(N(C)CC=C(C)C)CCCCC1(C)c1ccccc1.O.O=C(O)C(=O)O. The first-order chi connectivity index (χ1) is 13.1. The summed E-state index contributed by atoms with van der Waals surface area (Å²) in [4.78, 5) is 20.8. The van der Waals surface area contributed by atoms with Crippen LogP contribution >= 0.6 is 0 Å². The molecule has 2 atom stereocenters. The zero-order chi connectivity index (χ0) is 21.4. The first-order valence-corrected chi connectivity index (χ1v) is 9.97. The molecular weight excluding hydrogens is 370 g/mol. The van der Waals surface area contributed by atoms with E-state index in [9.17, 15) is 0 Å². The highest BCUT2D eigenvalue weighted by molar-refractivity contribution is 6.27. The molecule has 6 nitrogen and oxygen atoms in total. The maximum absolute atomic E-state index is 9.10. The zero-order valence-electron chi connectivity index (χ0n) is 18.4. The molecule has 4 N–H and O–H groups in total. The van der Waals surface area contributed by atoms with E-state index >= 15 is 0 Å². The van der Waals surface area contributed by atoms with E-state index in [2.05, 4.69) is 76.1 Å². The van der Waals surface area contributed by atoms with Gasteiger partial charge in [-0.1, -0.05) is 68.7 Å². The molecule has 1 fully saturated rings. The van der Waals surface area contributed by atoms with Gasteiger partial charge in [-0.05, 0) is 45.7 Å². The molecule has 6 heteroatoms. The fourth-order valence-corrected chi connectivity index (χ4v) is 4.57. The second-order valence-corrected chi connectivity index (χ2v) is 8.06. The van der Waals surface area contributed by atoms with Gasteiger partial charge in [0.05, 0.1) is 0 Å². The number of hydrogen-bond acceptors (Lipinski definition) is 3. The summed E-state index contributed by atoms with van der Waals surface area (Å²) in [6, 6.07) is 11.2. The van der Waals surface area contributed by atoms with E-state index in [1.807, 2.05) is 0 Å². The fourth-order valence-electron chi connectivity index (χ4n) is 4.57. The van der Waals surface area contributed by atoms with Crippen molar-refractivity contribution in [1.82, 2.24) is 4.90 Å². The largest absolute Gasteiger partial charge is 0.473 e. The maximum atomic E-state index is 9.10. The molecule has 1 aromatic rings. The minimum absolute atomic E-state index is 0. The number of nitrogens with zero attached hydrogens (tertiary/aromatic N) is 1. The number of allylic oxidation sites excluding steroid dienone is 1. The molecule has 0 spiro atoms. The Morgan fingerprint density at radius 3 is 2.03 bits per heavy atom. The van der Waals surface area contributed by atoms with Crippen molar-refractivity contribution in [2.75, 3.05) is 13.6 Å². The van der Waals surface area contributed by atoms with Crippen LogP contribution < -0.4 is 0 Å². The van der Waals surface area contributed by atoms with E-state index in [0.29, 0.717) is 0 Å². The monoisotopic (exact) mass is 407 g/mol. The van der Waals surface area contributed by atoms with Crippen LogP contribution in [-0.2, 0) is 15.0 Å². The number of likely N-dealkylation sites (N-methyl/N-ethyl adjacent to an activating group) is 1. The van der Waals surface area contributed by atoms with E-state index in [4.69, 9.17) is 19.8 Å². The van der Waals surface area contributed by atoms with Crippen LogP contribution in [0.4, 0.5) is 0 Å². The van der Waals surface area contributed by atoms with E-state index in [1.165, 1.54) is 43.2 Å². The third-order valence-electron chi connectivity index (χ3n) is 6.23. The van der Waals surface area contributed by atoms with Gasteiger partial charge in [0.15, 0.2) is 0 Å². The van der Waals surface area contributed by atoms with Crippen LogP contribution in [0.25, 0.3) is 0 Å². The molecular formula is C23H37NO5. The van der Waals surface area contributed by atoms with Crippen molar-refractivity contribution >= 4 is 11.9 Å². The highest BCUT2D eigenvalue weighted by Crippen LogP contribution is 2.50. The third-order valence-corrected chi connectivity index (χ3v) is 6.23. The normalized spacial score (nSPS) is 23.2. The van der Waals surface area contributed by atoms with Crippen molar-refractivity contribution < 1.29 is 25.3 Å². The number of rotatable bonds is 5. The second kappa shape index (κ2) is 11.7. The molecule has 0 amide bonds. The molecule has 2 unspecified atom stereocenters. The molecule has 1 saturated carbocycles. The average molecular weight is 408 g/mol. The summed E-state index contributed by atoms with van der Waals surface area (Å²) >= 11 is 0. The van der Waals surface area contributed by atoms with E-state index in [-0.39, 0.29) is 16.4 Å². The van der Waals surface area contributed by atoms with Crippen molar-refractivity contribution in [1.29, 1.82) is 0 Å². The van der Waals surface area contributed by atoms with Crippen molar-refractivity contribution in [3.8, 4) is 0 Å². The first kappa shape index (κ1) is 26.8. The van der Waals surface area contributed by atoms with Crippen LogP contribution in [0.5, 0.6) is 0 Å². The molecule has 164 valence electrons. The lowest BCUT2D eigenvalue weighted by atomic mass is 9.57. The molecule has 0 bridgehead atoms. The highest BCUT2D eigenvalue weighted by atomic mass is 16.4. The van der Waals surface area contributed by atoms with E-state index in [0.717, 1.165) is 6.54 Å². The Labute approximate surface area is 174 Å². The van der Waals surface area contributed by atoms with Gasteiger partial charge >= 0.3 is 11.9 Å². The van der Waals surface area contributed by atoms with Gasteiger partial charge in [-0.2, -0.15) is 0 Å². The third kappa shape index (κ3) is 6.41. The van der Waals surface area contributed by atoms with Crippen molar-refractivity contribution in [3.63, 3.8) is 0 Å². The lowest BCUT2D eigenvalue weighted by Crippen LogP contribution is -2.61. The number of carboxylic acids is 2. The van der Waals surface area contributed by atoms with Gasteiger partial charge in [0, 0.05) is 17.5 Å². The topological polar surface area (TPSA) is 109 Å². The summed E-state index contributed by atoms with van der Waals surface area (Å²) in [5.74, 6) is -3.65. The van der Waals surface area contributed by atoms with Crippen LogP contribution in [0.1, 0.15) is 65.4 Å². The van der Waals surface area contributed by atoms with Crippen LogP contribution in [0.2, 0.25) is 0 Å². The quantitative estimate of drug-likeness (QED) is 0.568. The molecule has 0 heterocycles. The standard InChI is InChI=1S/C21H33N.C2H2O4.H2O/c1-6-21(22(5)17-14-18(2)3)16-11-10-15-20(21,4)19-12-8-7-9-13-19;3-1(4)2(5)6;/h7-9,12-14H,6,10-11,15-17H2,1-5H3;(H,3,4)(H,5,6);1H2. The molecule has 1 aromatic carbocycles. The predicted octanol–water partition coefficient (Wildman–Crippen LogP) is 3.90. The molecule has 1 aliphatic rings. The van der Waals surface area contributed by atoms with Crippen LogP contribution in [-0.4, -0.2) is 51.7 Å². The maximum Gasteiger partial charge on any atom is 0.414 e. The Hall–Kier alpha value is -2.18. The number of benzene rings is 1.